The van der Waals surface area contributed by atoms with Gasteiger partial charge < -0.3 is 19.3 Å². The van der Waals surface area contributed by atoms with E-state index in [1.165, 1.54) is 25.3 Å². The van der Waals surface area contributed by atoms with Crippen molar-refractivity contribution in [3.05, 3.63) is 96.9 Å². The number of aromatic nitrogens is 1. The number of nitro benzene ring substituents is 1. The van der Waals surface area contributed by atoms with Crippen LogP contribution in [-0.4, -0.2) is 60.4 Å². The number of nitrogens with zero attached hydrogens (tertiary/aromatic N) is 3. The fourth-order valence-corrected chi connectivity index (χ4v) is 7.55. The van der Waals surface area contributed by atoms with Gasteiger partial charge in [-0.2, -0.15) is 0 Å². The second kappa shape index (κ2) is 13.3. The quantitative estimate of drug-likeness (QED) is 0.0899. The van der Waals surface area contributed by atoms with Gasteiger partial charge in [0.25, 0.3) is 5.69 Å². The second-order valence-corrected chi connectivity index (χ2v) is 12.7. The number of imide groups is 1. The number of nitro groups is 1. The molecule has 2 fully saturated rings. The van der Waals surface area contributed by atoms with Crippen molar-refractivity contribution in [3.8, 4) is 11.5 Å². The van der Waals surface area contributed by atoms with Gasteiger partial charge in [0.05, 0.1) is 58.1 Å². The van der Waals surface area contributed by atoms with Crippen molar-refractivity contribution in [3.63, 3.8) is 0 Å². The number of phenols is 1. The zero-order chi connectivity index (χ0) is 32.5. The van der Waals surface area contributed by atoms with Gasteiger partial charge in [0.1, 0.15) is 0 Å². The zero-order valence-corrected chi connectivity index (χ0v) is 27.4. The molecule has 1 N–H and O–H groups in total. The van der Waals surface area contributed by atoms with Gasteiger partial charge >= 0.3 is 0 Å². The maximum atomic E-state index is 13.9. The van der Waals surface area contributed by atoms with E-state index in [2.05, 4.69) is 27.6 Å². The summed E-state index contributed by atoms with van der Waals surface area (Å²) in [5.41, 5.74) is 4.59. The topological polar surface area (TPSA) is 141 Å². The van der Waals surface area contributed by atoms with Gasteiger partial charge in [-0.05, 0) is 101 Å². The van der Waals surface area contributed by atoms with E-state index >= 15 is 0 Å². The van der Waals surface area contributed by atoms with Crippen LogP contribution in [0.4, 0.5) is 11.4 Å². The molecule has 1 aliphatic carbocycles. The number of fused-ring (bicyclic) bond motifs is 3. The van der Waals surface area contributed by atoms with Crippen molar-refractivity contribution in [1.29, 1.82) is 0 Å². The number of pyridine rings is 1. The molecule has 2 amide bonds. The van der Waals surface area contributed by atoms with Gasteiger partial charge in [0.2, 0.25) is 11.8 Å². The molecule has 11 nitrogen and oxygen atoms in total. The Labute approximate surface area is 279 Å². The van der Waals surface area contributed by atoms with Crippen LogP contribution >= 0.6 is 22.6 Å². The Morgan fingerprint density at radius 3 is 2.70 bits per heavy atom. The monoisotopic (exact) mass is 737 g/mol. The number of non-ortho nitro benzene ring substituents is 1. The maximum absolute atomic E-state index is 13.9. The minimum absolute atomic E-state index is 0.0854. The SMILES string of the molecule is COCC1=C2[C@@H](CC/C(=C/c3cc(I)c(O)c(OC)c3)c3ccccn3)OC[C@@H]2[C@@H]2C(=O)N(c3cccc([N+](=O)[O-])c3)C(=O)[C@@H]2C1. The minimum atomic E-state index is -0.621. The van der Waals surface area contributed by atoms with E-state index in [-0.39, 0.29) is 47.6 Å². The Morgan fingerprint density at radius 1 is 1.15 bits per heavy atom. The summed E-state index contributed by atoms with van der Waals surface area (Å²) in [6.07, 6.45) is 5.02. The number of rotatable bonds is 10. The average Bonchev–Trinajstić information content (AvgIpc) is 3.59. The van der Waals surface area contributed by atoms with E-state index in [0.717, 1.165) is 32.9 Å². The number of amides is 2. The first-order chi connectivity index (χ1) is 22.2. The number of phenolic OH excluding ortho intramolecular Hbond substituents is 1. The lowest BCUT2D eigenvalue weighted by atomic mass is 9.69. The van der Waals surface area contributed by atoms with Gasteiger partial charge in [-0.15, -0.1) is 0 Å². The standard InChI is InChI=1S/C34H32IN3O8/c1-44-17-21-15-24-31(34(41)37(33(24)40)22-6-5-7-23(16-22)38(42)43)25-18-46-28(30(21)25)10-9-20(27-8-3-4-11-36-27)12-19-13-26(35)32(39)29(14-19)45-2/h3-8,11-14,16,24-25,28,31,39H,9-10,15,17-18H2,1-2H3/b20-12-/t24-,25+,28-,31-/m1/s1. The number of anilines is 1. The molecule has 238 valence electrons. The minimum Gasteiger partial charge on any atom is -0.504 e. The van der Waals surface area contributed by atoms with Gasteiger partial charge in [0, 0.05) is 31.4 Å². The molecule has 0 bridgehead atoms. The van der Waals surface area contributed by atoms with E-state index in [9.17, 15) is 24.8 Å². The third-order valence-electron chi connectivity index (χ3n) is 8.91. The largest absolute Gasteiger partial charge is 0.504 e. The highest BCUT2D eigenvalue weighted by Crippen LogP contribution is 2.51. The number of carbonyl (C=O) groups excluding carboxylic acids is 2. The lowest BCUT2D eigenvalue weighted by molar-refractivity contribution is -0.384. The van der Waals surface area contributed by atoms with E-state index < -0.39 is 16.8 Å². The maximum Gasteiger partial charge on any atom is 0.271 e. The Bertz CT molecular complexity index is 1760. The van der Waals surface area contributed by atoms with Crippen LogP contribution in [0.2, 0.25) is 0 Å². The molecule has 2 aliphatic heterocycles. The Morgan fingerprint density at radius 2 is 1.98 bits per heavy atom. The van der Waals surface area contributed by atoms with Gasteiger partial charge in [0.15, 0.2) is 11.5 Å². The molecule has 3 aromatic rings. The van der Waals surface area contributed by atoms with Crippen molar-refractivity contribution < 1.29 is 33.8 Å². The third-order valence-corrected chi connectivity index (χ3v) is 9.73. The number of hydrogen-bond donors (Lipinski definition) is 1. The van der Waals surface area contributed by atoms with Crippen molar-refractivity contribution in [2.75, 3.05) is 32.3 Å². The first kappa shape index (κ1) is 31.8. The molecule has 4 atom stereocenters. The summed E-state index contributed by atoms with van der Waals surface area (Å²) in [5.74, 6) is -1.77. The van der Waals surface area contributed by atoms with E-state index in [1.54, 1.807) is 25.4 Å². The first-order valence-corrected chi connectivity index (χ1v) is 15.9. The summed E-state index contributed by atoms with van der Waals surface area (Å²) < 4.78 is 18.0. The Kier molecular flexibility index (Phi) is 9.20. The molecule has 12 heteroatoms. The summed E-state index contributed by atoms with van der Waals surface area (Å²) >= 11 is 2.07. The number of ether oxygens (including phenoxy) is 3. The molecular weight excluding hydrogens is 705 g/mol. The fourth-order valence-electron chi connectivity index (χ4n) is 6.93. The summed E-state index contributed by atoms with van der Waals surface area (Å²) in [6, 6.07) is 15.0. The zero-order valence-electron chi connectivity index (χ0n) is 25.2. The molecule has 3 aliphatic rings. The smallest absolute Gasteiger partial charge is 0.271 e. The second-order valence-electron chi connectivity index (χ2n) is 11.5. The van der Waals surface area contributed by atoms with Crippen LogP contribution in [0, 0.1) is 31.4 Å². The number of aromatic hydroxyl groups is 1. The molecule has 3 heterocycles. The normalized spacial score (nSPS) is 22.7. The number of benzene rings is 2. The highest BCUT2D eigenvalue weighted by Gasteiger charge is 2.57. The lowest BCUT2D eigenvalue weighted by Crippen LogP contribution is -2.35. The van der Waals surface area contributed by atoms with Gasteiger partial charge in [-0.3, -0.25) is 24.7 Å². The summed E-state index contributed by atoms with van der Waals surface area (Å²) in [6.45, 7) is 0.591. The van der Waals surface area contributed by atoms with Crippen LogP contribution in [0.1, 0.15) is 30.5 Å². The Balaban J connectivity index is 1.29. The molecule has 0 unspecified atom stereocenters. The van der Waals surface area contributed by atoms with Gasteiger partial charge in [-0.1, -0.05) is 12.1 Å². The van der Waals surface area contributed by atoms with Gasteiger partial charge in [-0.25, -0.2) is 4.90 Å². The van der Waals surface area contributed by atoms with E-state index in [1.807, 2.05) is 30.3 Å². The van der Waals surface area contributed by atoms with Crippen LogP contribution in [0.25, 0.3) is 11.6 Å². The van der Waals surface area contributed by atoms with Crippen molar-refractivity contribution in [2.24, 2.45) is 17.8 Å². The fraction of sp³-hybridized carbons (Fsp3) is 0.324. The van der Waals surface area contributed by atoms with Crippen LogP contribution < -0.4 is 9.64 Å². The Hall–Kier alpha value is -4.14. The molecule has 2 saturated heterocycles. The number of allylic oxidation sites excluding steroid dienone is 1. The molecule has 1 aromatic heterocycles. The highest BCUT2D eigenvalue weighted by atomic mass is 127. The van der Waals surface area contributed by atoms with Crippen LogP contribution in [0.15, 0.2) is 71.9 Å². The molecule has 46 heavy (non-hydrogen) atoms. The van der Waals surface area contributed by atoms with Crippen molar-refractivity contribution >= 4 is 57.4 Å². The van der Waals surface area contributed by atoms with Crippen LogP contribution in [0.5, 0.6) is 11.5 Å². The molecule has 2 aromatic carbocycles. The number of carbonyl (C=O) groups is 2. The molecule has 0 spiro atoms. The number of methoxy groups -OCH3 is 2. The molecule has 6 rings (SSSR count). The molecule has 0 saturated carbocycles. The average molecular weight is 738 g/mol. The van der Waals surface area contributed by atoms with Crippen molar-refractivity contribution in [1.82, 2.24) is 4.98 Å². The van der Waals surface area contributed by atoms with Crippen LogP contribution in [-0.2, 0) is 19.1 Å². The van der Waals surface area contributed by atoms with Crippen molar-refractivity contribution in [2.45, 2.75) is 25.4 Å². The summed E-state index contributed by atoms with van der Waals surface area (Å²) in [4.78, 5) is 44.1. The number of hydrogen-bond acceptors (Lipinski definition) is 9. The van der Waals surface area contributed by atoms with Crippen LogP contribution in [0.3, 0.4) is 0 Å². The predicted molar refractivity (Wildman–Crippen MR) is 178 cm³/mol. The molecule has 0 radical (unpaired) electrons. The van der Waals surface area contributed by atoms with E-state index in [4.69, 9.17) is 14.2 Å². The lowest BCUT2D eigenvalue weighted by Gasteiger charge is -2.31. The predicted octanol–water partition coefficient (Wildman–Crippen LogP) is 5.80. The van der Waals surface area contributed by atoms with E-state index in [0.29, 0.717) is 35.2 Å². The summed E-state index contributed by atoms with van der Waals surface area (Å²) in [5, 5.41) is 21.7. The molecular formula is C34H32IN3O8. The number of halogens is 1. The first-order valence-electron chi connectivity index (χ1n) is 14.8. The summed E-state index contributed by atoms with van der Waals surface area (Å²) in [7, 11) is 3.11. The third kappa shape index (κ3) is 5.92. The highest BCUT2D eigenvalue weighted by molar-refractivity contribution is 14.1.